The van der Waals surface area contributed by atoms with Crippen LogP contribution in [0.1, 0.15) is 24.5 Å². The molecule has 0 saturated heterocycles. The zero-order chi connectivity index (χ0) is 15.3. The van der Waals surface area contributed by atoms with Crippen LogP contribution >= 0.6 is 11.6 Å². The highest BCUT2D eigenvalue weighted by atomic mass is 35.5. The Morgan fingerprint density at radius 1 is 1.45 bits per heavy atom. The summed E-state index contributed by atoms with van der Waals surface area (Å²) < 4.78 is 26.5. The Morgan fingerprint density at radius 2 is 2.10 bits per heavy atom. The average molecular weight is 316 g/mol. The first-order valence-corrected chi connectivity index (χ1v) is 8.03. The molecule has 1 N–H and O–H groups in total. The maximum atomic E-state index is 12.6. The van der Waals surface area contributed by atoms with Gasteiger partial charge in [-0.2, -0.15) is 4.31 Å². The molecule has 110 valence electrons. The summed E-state index contributed by atoms with van der Waals surface area (Å²) in [7, 11) is -3.72. The summed E-state index contributed by atoms with van der Waals surface area (Å²) in [6, 6.07) is 2.95. The standard InChI is InChI=1S/C14H18ClNO3S/c1-4-6-16(7-5-2)20(18,19)14-9-13(15)8-12(10-17)11(14)3/h1,8-9,17H,5-7,10H2,2-3H3. The number of halogens is 1. The van der Waals surface area contributed by atoms with E-state index in [4.69, 9.17) is 18.0 Å². The summed E-state index contributed by atoms with van der Waals surface area (Å²) >= 11 is 5.93. The molecule has 0 radical (unpaired) electrons. The van der Waals surface area contributed by atoms with Gasteiger partial charge >= 0.3 is 0 Å². The molecule has 20 heavy (non-hydrogen) atoms. The Bertz CT molecular complexity index is 620. The topological polar surface area (TPSA) is 57.6 Å². The highest BCUT2D eigenvalue weighted by Crippen LogP contribution is 2.27. The van der Waals surface area contributed by atoms with Crippen LogP contribution in [0.2, 0.25) is 5.02 Å². The molecule has 0 atom stereocenters. The van der Waals surface area contributed by atoms with Crippen molar-refractivity contribution in [1.82, 2.24) is 4.31 Å². The van der Waals surface area contributed by atoms with Gasteiger partial charge in [0, 0.05) is 11.6 Å². The van der Waals surface area contributed by atoms with Crippen molar-refractivity contribution in [3.63, 3.8) is 0 Å². The van der Waals surface area contributed by atoms with Gasteiger partial charge in [0.25, 0.3) is 0 Å². The van der Waals surface area contributed by atoms with Crippen LogP contribution in [0.5, 0.6) is 0 Å². The Morgan fingerprint density at radius 3 is 2.60 bits per heavy atom. The van der Waals surface area contributed by atoms with Crippen LogP contribution in [-0.4, -0.2) is 30.9 Å². The fraction of sp³-hybridized carbons (Fsp3) is 0.429. The Balaban J connectivity index is 3.41. The number of hydrogen-bond acceptors (Lipinski definition) is 3. The number of aliphatic hydroxyl groups is 1. The van der Waals surface area contributed by atoms with Crippen LogP contribution in [0.25, 0.3) is 0 Å². The van der Waals surface area contributed by atoms with Crippen LogP contribution in [0.3, 0.4) is 0 Å². The second kappa shape index (κ2) is 7.09. The van der Waals surface area contributed by atoms with Gasteiger partial charge in [-0.25, -0.2) is 8.42 Å². The molecule has 0 amide bonds. The lowest BCUT2D eigenvalue weighted by atomic mass is 10.1. The van der Waals surface area contributed by atoms with E-state index in [2.05, 4.69) is 5.92 Å². The van der Waals surface area contributed by atoms with E-state index in [0.29, 0.717) is 24.1 Å². The van der Waals surface area contributed by atoms with Crippen molar-refractivity contribution >= 4 is 21.6 Å². The maximum Gasteiger partial charge on any atom is 0.244 e. The molecule has 0 aliphatic rings. The molecule has 0 aliphatic heterocycles. The molecule has 0 spiro atoms. The van der Waals surface area contributed by atoms with Crippen molar-refractivity contribution in [2.24, 2.45) is 0 Å². The SMILES string of the molecule is C#CCN(CCC)S(=O)(=O)c1cc(Cl)cc(CO)c1C. The lowest BCUT2D eigenvalue weighted by molar-refractivity contribution is 0.280. The number of sulfonamides is 1. The summed E-state index contributed by atoms with van der Waals surface area (Å²) in [6.07, 6.45) is 5.90. The van der Waals surface area contributed by atoms with E-state index in [1.54, 1.807) is 13.0 Å². The summed E-state index contributed by atoms with van der Waals surface area (Å²) in [5, 5.41) is 9.55. The minimum Gasteiger partial charge on any atom is -0.392 e. The fourth-order valence-electron chi connectivity index (χ4n) is 1.91. The van der Waals surface area contributed by atoms with Crippen LogP contribution in [0, 0.1) is 19.3 Å². The van der Waals surface area contributed by atoms with Crippen LogP contribution in [-0.2, 0) is 16.6 Å². The lowest BCUT2D eigenvalue weighted by Gasteiger charge is -2.21. The van der Waals surface area contributed by atoms with E-state index < -0.39 is 10.0 Å². The normalized spacial score (nSPS) is 11.6. The lowest BCUT2D eigenvalue weighted by Crippen LogP contribution is -2.32. The fourth-order valence-corrected chi connectivity index (χ4v) is 3.96. The Labute approximate surface area is 125 Å². The van der Waals surface area contributed by atoms with E-state index in [0.717, 1.165) is 0 Å². The number of rotatable bonds is 6. The van der Waals surface area contributed by atoms with Crippen LogP contribution in [0.4, 0.5) is 0 Å². The quantitative estimate of drug-likeness (QED) is 0.819. The van der Waals surface area contributed by atoms with Gasteiger partial charge in [0.2, 0.25) is 10.0 Å². The van der Waals surface area contributed by atoms with E-state index in [1.165, 1.54) is 10.4 Å². The van der Waals surface area contributed by atoms with Gasteiger partial charge in [-0.1, -0.05) is 24.4 Å². The third kappa shape index (κ3) is 3.53. The molecular formula is C14H18ClNO3S. The minimum absolute atomic E-state index is 0.0105. The van der Waals surface area contributed by atoms with E-state index in [9.17, 15) is 13.5 Å². The first-order valence-electron chi connectivity index (χ1n) is 6.22. The minimum atomic E-state index is -3.72. The number of hydrogen-bond donors (Lipinski definition) is 1. The smallest absolute Gasteiger partial charge is 0.244 e. The van der Waals surface area contributed by atoms with Crippen molar-refractivity contribution in [2.75, 3.05) is 13.1 Å². The van der Waals surface area contributed by atoms with Gasteiger partial charge in [0.1, 0.15) is 0 Å². The van der Waals surface area contributed by atoms with Crippen LogP contribution < -0.4 is 0 Å². The number of terminal acetylenes is 1. The van der Waals surface area contributed by atoms with Crippen molar-refractivity contribution < 1.29 is 13.5 Å². The first-order chi connectivity index (χ1) is 9.38. The number of aliphatic hydroxyl groups excluding tert-OH is 1. The molecule has 1 aromatic carbocycles. The zero-order valence-corrected chi connectivity index (χ0v) is 13.1. The summed E-state index contributed by atoms with van der Waals surface area (Å²) in [5.74, 6) is 2.36. The molecule has 0 aliphatic carbocycles. The van der Waals surface area contributed by atoms with Gasteiger partial charge in [0.05, 0.1) is 18.0 Å². The largest absolute Gasteiger partial charge is 0.392 e. The second-order valence-electron chi connectivity index (χ2n) is 4.39. The molecule has 6 heteroatoms. The van der Waals surface area contributed by atoms with Gasteiger partial charge in [0.15, 0.2) is 0 Å². The summed E-state index contributed by atoms with van der Waals surface area (Å²) in [4.78, 5) is 0.0951. The molecule has 0 saturated carbocycles. The van der Waals surface area contributed by atoms with Gasteiger partial charge in [-0.3, -0.25) is 0 Å². The third-order valence-corrected chi connectivity index (χ3v) is 5.15. The van der Waals surface area contributed by atoms with Crippen molar-refractivity contribution in [3.05, 3.63) is 28.3 Å². The molecule has 0 fully saturated rings. The monoisotopic (exact) mass is 315 g/mol. The molecule has 0 aromatic heterocycles. The molecule has 0 bridgehead atoms. The molecule has 1 rings (SSSR count). The average Bonchev–Trinajstić information content (AvgIpc) is 2.40. The highest BCUT2D eigenvalue weighted by molar-refractivity contribution is 7.89. The van der Waals surface area contributed by atoms with Crippen molar-refractivity contribution in [3.8, 4) is 12.3 Å². The molecule has 0 heterocycles. The second-order valence-corrected chi connectivity index (χ2v) is 6.73. The Hall–Kier alpha value is -1.06. The number of benzene rings is 1. The van der Waals surface area contributed by atoms with E-state index >= 15 is 0 Å². The van der Waals surface area contributed by atoms with Crippen molar-refractivity contribution in [2.45, 2.75) is 31.8 Å². The Kier molecular flexibility index (Phi) is 6.03. The molecular weight excluding hydrogens is 298 g/mol. The third-order valence-electron chi connectivity index (χ3n) is 2.96. The molecule has 1 aromatic rings. The van der Waals surface area contributed by atoms with Gasteiger partial charge in [-0.05, 0) is 36.6 Å². The molecule has 0 unspecified atom stereocenters. The van der Waals surface area contributed by atoms with Crippen LogP contribution in [0.15, 0.2) is 17.0 Å². The number of nitrogens with zero attached hydrogens (tertiary/aromatic N) is 1. The van der Waals surface area contributed by atoms with Crippen molar-refractivity contribution in [1.29, 1.82) is 0 Å². The molecule has 4 nitrogen and oxygen atoms in total. The zero-order valence-electron chi connectivity index (χ0n) is 11.6. The highest BCUT2D eigenvalue weighted by Gasteiger charge is 2.26. The summed E-state index contributed by atoms with van der Waals surface area (Å²) in [5.41, 5.74) is 0.989. The van der Waals surface area contributed by atoms with Gasteiger partial charge in [-0.15, -0.1) is 6.42 Å². The van der Waals surface area contributed by atoms with E-state index in [1.807, 2.05) is 6.92 Å². The predicted molar refractivity (Wildman–Crippen MR) is 80.0 cm³/mol. The summed E-state index contributed by atoms with van der Waals surface area (Å²) in [6.45, 7) is 3.61. The maximum absolute atomic E-state index is 12.6. The van der Waals surface area contributed by atoms with Gasteiger partial charge < -0.3 is 5.11 Å². The predicted octanol–water partition coefficient (Wildman–Crippen LogP) is 2.17. The first kappa shape index (κ1) is 17.0. The van der Waals surface area contributed by atoms with E-state index in [-0.39, 0.29) is 23.1 Å².